The van der Waals surface area contributed by atoms with Gasteiger partial charge < -0.3 is 27.0 Å². The molecule has 3 atom stereocenters. The third kappa shape index (κ3) is 9.63. The van der Waals surface area contributed by atoms with Crippen molar-refractivity contribution < 1.29 is 23.7 Å². The van der Waals surface area contributed by atoms with E-state index in [9.17, 15) is 19.2 Å². The van der Waals surface area contributed by atoms with Crippen molar-refractivity contribution in [2.24, 2.45) is 22.4 Å². The van der Waals surface area contributed by atoms with Gasteiger partial charge in [0.05, 0.1) is 6.04 Å². The molecule has 1 aliphatic heterocycles. The van der Waals surface area contributed by atoms with Crippen molar-refractivity contribution in [3.8, 4) is 0 Å². The average Bonchev–Trinajstić information content (AvgIpc) is 3.40. The van der Waals surface area contributed by atoms with Gasteiger partial charge in [-0.2, -0.15) is 4.57 Å². The maximum Gasteiger partial charge on any atom is 0.245 e. The zero-order valence-electron chi connectivity index (χ0n) is 23.0. The Morgan fingerprint density at radius 2 is 1.69 bits per heavy atom. The van der Waals surface area contributed by atoms with Crippen molar-refractivity contribution in [1.29, 1.82) is 0 Å². The van der Waals surface area contributed by atoms with Crippen molar-refractivity contribution in [2.75, 3.05) is 13.1 Å². The minimum atomic E-state index is -0.745. The number of pyridine rings is 1. The lowest BCUT2D eigenvalue weighted by Crippen LogP contribution is -2.56. The standard InChI is InChI=1S/C28H43N7O4/c1-20(36)32-23(18-21-10-4-2-5-11-21)27(39)35-17-9-13-24(35)26(38)33-22(12-8-14-31-28(29)30)25(37)19-34-15-6-3-7-16-34/h3,6-7,15-16,21-24H,2,4-5,8-14,17-19H2,1H3,(H5-,29,30,31,32,33,36,38)/p+1/t22-,23+,24-/m0/s1. The molecule has 1 saturated carbocycles. The third-order valence-corrected chi connectivity index (χ3v) is 7.57. The predicted molar refractivity (Wildman–Crippen MR) is 147 cm³/mol. The van der Waals surface area contributed by atoms with Crippen LogP contribution in [0.3, 0.4) is 0 Å². The number of hydrogen-bond donors (Lipinski definition) is 4. The van der Waals surface area contributed by atoms with Crippen LogP contribution in [0.15, 0.2) is 35.6 Å². The van der Waals surface area contributed by atoms with Crippen LogP contribution in [0, 0.1) is 5.92 Å². The van der Waals surface area contributed by atoms with Crippen LogP contribution in [0.2, 0.25) is 0 Å². The maximum absolute atomic E-state index is 13.6. The molecule has 0 unspecified atom stereocenters. The average molecular weight is 543 g/mol. The normalized spacial score (nSPS) is 19.1. The molecule has 11 heteroatoms. The highest BCUT2D eigenvalue weighted by Crippen LogP contribution is 2.29. The first-order chi connectivity index (χ1) is 18.7. The molecule has 1 aliphatic carbocycles. The van der Waals surface area contributed by atoms with Crippen LogP contribution >= 0.6 is 0 Å². The van der Waals surface area contributed by atoms with Gasteiger partial charge in [-0.1, -0.05) is 38.2 Å². The fourth-order valence-electron chi connectivity index (χ4n) is 5.64. The SMILES string of the molecule is CC(=O)N[C@H](CC1CCCCC1)C(=O)N1CCC[C@H]1C(=O)N[C@@H](CCCN=C(N)N)C(=O)C[n+]1ccccc1. The maximum atomic E-state index is 13.6. The molecule has 1 aromatic rings. The minimum absolute atomic E-state index is 0.0242. The second-order valence-corrected chi connectivity index (χ2v) is 10.7. The van der Waals surface area contributed by atoms with Crippen LogP contribution in [0.25, 0.3) is 0 Å². The van der Waals surface area contributed by atoms with Gasteiger partial charge in [0.15, 0.2) is 18.4 Å². The Morgan fingerprint density at radius 1 is 0.974 bits per heavy atom. The van der Waals surface area contributed by atoms with Crippen LogP contribution in [0.4, 0.5) is 0 Å². The summed E-state index contributed by atoms with van der Waals surface area (Å²) in [5.74, 6) is -0.606. The minimum Gasteiger partial charge on any atom is -0.370 e. The molecule has 3 rings (SSSR count). The fraction of sp³-hybridized carbons (Fsp3) is 0.643. The molecule has 2 heterocycles. The monoisotopic (exact) mass is 542 g/mol. The molecule has 11 nitrogen and oxygen atoms in total. The third-order valence-electron chi connectivity index (χ3n) is 7.57. The molecule has 2 fully saturated rings. The number of guanidine groups is 1. The number of aliphatic imine (C=N–C) groups is 1. The summed E-state index contributed by atoms with van der Waals surface area (Å²) in [5, 5.41) is 5.76. The lowest BCUT2D eigenvalue weighted by Gasteiger charge is -2.32. The van der Waals surface area contributed by atoms with Gasteiger partial charge in [-0.15, -0.1) is 0 Å². The fourth-order valence-corrected chi connectivity index (χ4v) is 5.64. The van der Waals surface area contributed by atoms with E-state index in [-0.39, 0.29) is 36.0 Å². The van der Waals surface area contributed by atoms with E-state index < -0.39 is 18.1 Å². The van der Waals surface area contributed by atoms with Crippen LogP contribution in [-0.4, -0.2) is 65.6 Å². The Morgan fingerprint density at radius 3 is 2.36 bits per heavy atom. The number of rotatable bonds is 13. The van der Waals surface area contributed by atoms with Crippen LogP contribution in [-0.2, 0) is 25.7 Å². The zero-order valence-corrected chi connectivity index (χ0v) is 23.0. The zero-order chi connectivity index (χ0) is 28.2. The van der Waals surface area contributed by atoms with Gasteiger partial charge in [-0.3, -0.25) is 24.2 Å². The van der Waals surface area contributed by atoms with Gasteiger partial charge in [-0.25, -0.2) is 0 Å². The van der Waals surface area contributed by atoms with Crippen LogP contribution < -0.4 is 26.7 Å². The number of nitrogens with zero attached hydrogens (tertiary/aromatic N) is 3. The first-order valence-corrected chi connectivity index (χ1v) is 14.1. The van der Waals surface area contributed by atoms with Crippen molar-refractivity contribution in [3.05, 3.63) is 30.6 Å². The highest BCUT2D eigenvalue weighted by atomic mass is 16.2. The Hall–Kier alpha value is -3.50. The van der Waals surface area contributed by atoms with E-state index in [4.69, 9.17) is 11.5 Å². The van der Waals surface area contributed by atoms with E-state index >= 15 is 0 Å². The summed E-state index contributed by atoms with van der Waals surface area (Å²) >= 11 is 0. The molecule has 2 aliphatic rings. The lowest BCUT2D eigenvalue weighted by molar-refractivity contribution is -0.684. The first kappa shape index (κ1) is 30.0. The Balaban J connectivity index is 1.69. The number of nitrogens with one attached hydrogen (secondary N) is 2. The topological polar surface area (TPSA) is 164 Å². The van der Waals surface area contributed by atoms with Crippen molar-refractivity contribution in [1.82, 2.24) is 15.5 Å². The van der Waals surface area contributed by atoms with Crippen molar-refractivity contribution in [3.63, 3.8) is 0 Å². The summed E-state index contributed by atoms with van der Waals surface area (Å²) < 4.78 is 1.76. The van der Waals surface area contributed by atoms with Gasteiger partial charge in [-0.05, 0) is 38.0 Å². The highest BCUT2D eigenvalue weighted by Gasteiger charge is 2.39. The van der Waals surface area contributed by atoms with E-state index in [1.807, 2.05) is 18.2 Å². The van der Waals surface area contributed by atoms with E-state index in [1.165, 1.54) is 13.3 Å². The molecule has 1 saturated heterocycles. The Bertz CT molecular complexity index is 1010. The molecule has 0 radical (unpaired) electrons. The Labute approximate surface area is 230 Å². The molecule has 3 amide bonds. The van der Waals surface area contributed by atoms with Crippen LogP contribution in [0.1, 0.15) is 71.1 Å². The number of carbonyl (C=O) groups excluding carboxylic acids is 4. The predicted octanol–water partition coefficient (Wildman–Crippen LogP) is 0.548. The van der Waals surface area contributed by atoms with E-state index in [2.05, 4.69) is 15.6 Å². The Kier molecular flexibility index (Phi) is 11.7. The smallest absolute Gasteiger partial charge is 0.245 e. The molecular weight excluding hydrogens is 498 g/mol. The number of nitrogens with two attached hydrogens (primary N) is 2. The largest absolute Gasteiger partial charge is 0.370 e. The summed E-state index contributed by atoms with van der Waals surface area (Å²) in [4.78, 5) is 57.8. The number of likely N-dealkylation sites (tertiary alicyclic amines) is 1. The quantitative estimate of drug-likeness (QED) is 0.123. The van der Waals surface area contributed by atoms with Gasteiger partial charge in [0.25, 0.3) is 0 Å². The molecule has 39 heavy (non-hydrogen) atoms. The molecule has 0 spiro atoms. The van der Waals surface area contributed by atoms with E-state index in [0.29, 0.717) is 51.1 Å². The van der Waals surface area contributed by atoms with Gasteiger partial charge in [0, 0.05) is 32.1 Å². The molecule has 1 aromatic heterocycles. The van der Waals surface area contributed by atoms with Gasteiger partial charge in [0.2, 0.25) is 30.0 Å². The highest BCUT2D eigenvalue weighted by molar-refractivity contribution is 5.94. The number of carbonyl (C=O) groups is 4. The van der Waals surface area contributed by atoms with Crippen molar-refractivity contribution in [2.45, 2.75) is 95.8 Å². The van der Waals surface area contributed by atoms with E-state index in [1.54, 1.807) is 21.9 Å². The van der Waals surface area contributed by atoms with Crippen LogP contribution in [0.5, 0.6) is 0 Å². The summed E-state index contributed by atoms with van der Waals surface area (Å²) in [7, 11) is 0. The lowest BCUT2D eigenvalue weighted by atomic mass is 9.84. The molecule has 0 aromatic carbocycles. The van der Waals surface area contributed by atoms with Crippen molar-refractivity contribution >= 4 is 29.5 Å². The number of ketones is 1. The number of amides is 3. The summed E-state index contributed by atoms with van der Waals surface area (Å²) in [6, 6.07) is 3.46. The first-order valence-electron chi connectivity index (χ1n) is 14.1. The molecule has 0 bridgehead atoms. The summed E-state index contributed by atoms with van der Waals surface area (Å²) in [6.45, 7) is 2.31. The number of Topliss-reactive ketones (excluding diaryl/α,β-unsaturated/α-hetero) is 1. The van der Waals surface area contributed by atoms with E-state index in [0.717, 1.165) is 25.7 Å². The summed E-state index contributed by atoms with van der Waals surface area (Å²) in [5.41, 5.74) is 10.8. The molecule has 6 N–H and O–H groups in total. The number of hydrogen-bond acceptors (Lipinski definition) is 5. The molecule has 214 valence electrons. The van der Waals surface area contributed by atoms with Gasteiger partial charge in [0.1, 0.15) is 12.1 Å². The number of aromatic nitrogens is 1. The second-order valence-electron chi connectivity index (χ2n) is 10.7. The summed E-state index contributed by atoms with van der Waals surface area (Å²) in [6.07, 6.45) is 11.8. The molecular formula is C28H44N7O4+. The second kappa shape index (κ2) is 15.2. The van der Waals surface area contributed by atoms with Gasteiger partial charge >= 0.3 is 0 Å².